The fourth-order valence-electron chi connectivity index (χ4n) is 1.31. The van der Waals surface area contributed by atoms with E-state index in [1.54, 1.807) is 32.9 Å². The Morgan fingerprint density at radius 1 is 1.22 bits per heavy atom. The van der Waals surface area contributed by atoms with Crippen molar-refractivity contribution in [1.82, 2.24) is 10.3 Å². The van der Waals surface area contributed by atoms with Crippen molar-refractivity contribution in [2.45, 2.75) is 32.6 Å². The molecule has 0 aliphatic heterocycles. The second-order valence-electron chi connectivity index (χ2n) is 4.52. The van der Waals surface area contributed by atoms with Crippen molar-refractivity contribution < 1.29 is 13.2 Å². The number of aryl methyl sites for hydroxylation is 2. The van der Waals surface area contributed by atoms with Gasteiger partial charge in [0.1, 0.15) is 0 Å². The minimum Gasteiger partial charge on any atom is -0.277 e. The van der Waals surface area contributed by atoms with Crippen LogP contribution >= 0.6 is 0 Å². The largest absolute Gasteiger partial charge is 0.277 e. The smallest absolute Gasteiger partial charge is 0.257 e. The fourth-order valence-corrected chi connectivity index (χ4v) is 2.49. The molecule has 0 heterocycles. The number of sulfonamides is 1. The van der Waals surface area contributed by atoms with Crippen LogP contribution in [0, 0.1) is 19.8 Å². The van der Waals surface area contributed by atoms with Crippen LogP contribution in [0.25, 0.3) is 0 Å². The molecule has 0 unspecified atom stereocenters. The maximum Gasteiger partial charge on any atom is 0.257 e. The zero-order chi connectivity index (χ0) is 13.9. The van der Waals surface area contributed by atoms with Crippen LogP contribution in [0.4, 0.5) is 0 Å². The van der Waals surface area contributed by atoms with E-state index in [-0.39, 0.29) is 16.7 Å². The van der Waals surface area contributed by atoms with Gasteiger partial charge < -0.3 is 0 Å². The molecule has 0 saturated carbocycles. The minimum atomic E-state index is -3.72. The summed E-state index contributed by atoms with van der Waals surface area (Å²) in [6.45, 7) is 6.88. The van der Waals surface area contributed by atoms with Crippen LogP contribution in [-0.2, 0) is 14.8 Å². The Kier molecular flexibility index (Phi) is 4.48. The first-order chi connectivity index (χ1) is 8.24. The number of hydrogen-bond donors (Lipinski definition) is 2. The van der Waals surface area contributed by atoms with Gasteiger partial charge in [0.15, 0.2) is 0 Å². The quantitative estimate of drug-likeness (QED) is 0.809. The monoisotopic (exact) mass is 270 g/mol. The summed E-state index contributed by atoms with van der Waals surface area (Å²) in [5.41, 5.74) is 3.67. The Morgan fingerprint density at radius 3 is 2.39 bits per heavy atom. The molecular weight excluding hydrogens is 252 g/mol. The van der Waals surface area contributed by atoms with Crippen molar-refractivity contribution in [3.8, 4) is 0 Å². The van der Waals surface area contributed by atoms with Crippen LogP contribution in [0.3, 0.4) is 0 Å². The highest BCUT2D eigenvalue weighted by molar-refractivity contribution is 7.89. The summed E-state index contributed by atoms with van der Waals surface area (Å²) in [6, 6.07) is 5.13. The van der Waals surface area contributed by atoms with Gasteiger partial charge in [0.2, 0.25) is 5.91 Å². The van der Waals surface area contributed by atoms with E-state index in [0.29, 0.717) is 5.56 Å². The van der Waals surface area contributed by atoms with Crippen molar-refractivity contribution in [3.05, 3.63) is 29.3 Å². The zero-order valence-corrected chi connectivity index (χ0v) is 11.8. The lowest BCUT2D eigenvalue weighted by Crippen LogP contribution is -2.43. The molecule has 1 amide bonds. The van der Waals surface area contributed by atoms with Gasteiger partial charge in [-0.2, -0.15) is 0 Å². The lowest BCUT2D eigenvalue weighted by Gasteiger charge is -2.12. The number of hydrazine groups is 1. The standard InChI is InChI=1S/C12H18N2O3S/c1-8(2)12(15)13-14-18(16,17)11-7-9(3)5-6-10(11)4/h5-8,14H,1-4H3,(H,13,15). The molecule has 100 valence electrons. The Labute approximate surface area is 108 Å². The SMILES string of the molecule is Cc1ccc(C)c(S(=O)(=O)NNC(=O)C(C)C)c1. The molecule has 0 aliphatic carbocycles. The number of benzene rings is 1. The van der Waals surface area contributed by atoms with Gasteiger partial charge in [-0.3, -0.25) is 10.2 Å². The van der Waals surface area contributed by atoms with Crippen LogP contribution in [0.1, 0.15) is 25.0 Å². The second kappa shape index (κ2) is 5.49. The summed E-state index contributed by atoms with van der Waals surface area (Å²) in [5, 5.41) is 0. The molecule has 2 N–H and O–H groups in total. The van der Waals surface area contributed by atoms with E-state index in [9.17, 15) is 13.2 Å². The van der Waals surface area contributed by atoms with E-state index in [1.807, 2.05) is 13.0 Å². The predicted octanol–water partition coefficient (Wildman–Crippen LogP) is 1.27. The van der Waals surface area contributed by atoms with Crippen LogP contribution in [0.5, 0.6) is 0 Å². The first-order valence-electron chi connectivity index (χ1n) is 5.63. The highest BCUT2D eigenvalue weighted by Gasteiger charge is 2.18. The van der Waals surface area contributed by atoms with Crippen molar-refractivity contribution in [3.63, 3.8) is 0 Å². The van der Waals surface area contributed by atoms with Crippen LogP contribution in [0.15, 0.2) is 23.1 Å². The molecule has 1 aromatic rings. The second-order valence-corrected chi connectivity index (χ2v) is 6.17. The topological polar surface area (TPSA) is 75.3 Å². The average molecular weight is 270 g/mol. The molecule has 0 saturated heterocycles. The average Bonchev–Trinajstić information content (AvgIpc) is 2.29. The zero-order valence-electron chi connectivity index (χ0n) is 10.9. The lowest BCUT2D eigenvalue weighted by atomic mass is 10.2. The van der Waals surface area contributed by atoms with Gasteiger partial charge in [-0.15, -0.1) is 4.83 Å². The Morgan fingerprint density at radius 2 is 1.83 bits per heavy atom. The van der Waals surface area contributed by atoms with Crippen LogP contribution in [-0.4, -0.2) is 14.3 Å². The molecule has 0 spiro atoms. The fraction of sp³-hybridized carbons (Fsp3) is 0.417. The van der Waals surface area contributed by atoms with E-state index in [4.69, 9.17) is 0 Å². The summed E-state index contributed by atoms with van der Waals surface area (Å²) in [6.07, 6.45) is 0. The molecule has 0 bridgehead atoms. The number of rotatable bonds is 4. The maximum atomic E-state index is 12.0. The summed E-state index contributed by atoms with van der Waals surface area (Å²) in [4.78, 5) is 13.6. The third kappa shape index (κ3) is 3.54. The van der Waals surface area contributed by atoms with Crippen LogP contribution in [0.2, 0.25) is 0 Å². The molecule has 1 rings (SSSR count). The van der Waals surface area contributed by atoms with Crippen molar-refractivity contribution >= 4 is 15.9 Å². The Hall–Kier alpha value is -1.40. The molecule has 0 atom stereocenters. The molecule has 0 aromatic heterocycles. The molecule has 18 heavy (non-hydrogen) atoms. The maximum absolute atomic E-state index is 12.0. The van der Waals surface area contributed by atoms with Gasteiger partial charge in [0.25, 0.3) is 10.0 Å². The lowest BCUT2D eigenvalue weighted by molar-refractivity contribution is -0.124. The van der Waals surface area contributed by atoms with Gasteiger partial charge in [-0.25, -0.2) is 8.42 Å². The van der Waals surface area contributed by atoms with Gasteiger partial charge in [0.05, 0.1) is 4.90 Å². The van der Waals surface area contributed by atoms with E-state index >= 15 is 0 Å². The molecule has 0 fully saturated rings. The molecule has 5 nitrogen and oxygen atoms in total. The highest BCUT2D eigenvalue weighted by Crippen LogP contribution is 2.15. The number of carbonyl (C=O) groups is 1. The van der Waals surface area contributed by atoms with E-state index in [2.05, 4.69) is 10.3 Å². The van der Waals surface area contributed by atoms with E-state index < -0.39 is 10.0 Å². The number of carbonyl (C=O) groups excluding carboxylic acids is 1. The Bertz CT molecular complexity index is 550. The summed E-state index contributed by atoms with van der Waals surface area (Å²) in [5.74, 6) is -0.657. The molecule has 1 aromatic carbocycles. The summed E-state index contributed by atoms with van der Waals surface area (Å²) < 4.78 is 24.0. The van der Waals surface area contributed by atoms with Crippen molar-refractivity contribution in [1.29, 1.82) is 0 Å². The van der Waals surface area contributed by atoms with Crippen LogP contribution < -0.4 is 10.3 Å². The number of amides is 1. The normalized spacial score (nSPS) is 11.6. The van der Waals surface area contributed by atoms with E-state index in [1.165, 1.54) is 0 Å². The highest BCUT2D eigenvalue weighted by atomic mass is 32.2. The first-order valence-corrected chi connectivity index (χ1v) is 7.11. The molecule has 0 radical (unpaired) electrons. The van der Waals surface area contributed by atoms with Crippen molar-refractivity contribution in [2.75, 3.05) is 0 Å². The van der Waals surface area contributed by atoms with Gasteiger partial charge in [-0.05, 0) is 31.0 Å². The molecule has 6 heteroatoms. The molecular formula is C12H18N2O3S. The first kappa shape index (κ1) is 14.7. The van der Waals surface area contributed by atoms with E-state index in [0.717, 1.165) is 5.56 Å². The van der Waals surface area contributed by atoms with Gasteiger partial charge >= 0.3 is 0 Å². The van der Waals surface area contributed by atoms with Gasteiger partial charge in [-0.1, -0.05) is 26.0 Å². The predicted molar refractivity (Wildman–Crippen MR) is 69.2 cm³/mol. The minimum absolute atomic E-state index is 0.173. The number of nitrogens with one attached hydrogen (secondary N) is 2. The van der Waals surface area contributed by atoms with Crippen molar-refractivity contribution in [2.24, 2.45) is 5.92 Å². The number of hydrogen-bond acceptors (Lipinski definition) is 3. The summed E-state index contributed by atoms with van der Waals surface area (Å²) in [7, 11) is -3.72. The third-order valence-corrected chi connectivity index (χ3v) is 3.86. The van der Waals surface area contributed by atoms with Gasteiger partial charge in [0, 0.05) is 5.92 Å². The molecule has 0 aliphatic rings. The third-order valence-electron chi connectivity index (χ3n) is 2.47. The summed E-state index contributed by atoms with van der Waals surface area (Å²) >= 11 is 0. The Balaban J connectivity index is 2.93.